The van der Waals surface area contributed by atoms with Crippen molar-refractivity contribution in [2.45, 2.75) is 0 Å². The Morgan fingerprint density at radius 3 is 0.700 bits per heavy atom. The van der Waals surface area contributed by atoms with Gasteiger partial charge in [0.1, 0.15) is 0 Å². The molecule has 0 aliphatic carbocycles. The van der Waals surface area contributed by atoms with Crippen LogP contribution >= 0.6 is 0 Å². The SMILES string of the molecule is c1ccc(-c2ccc(-c3cccc(-c4cc(-c5cccc(-c6ccc(-c7ccccn7)nc6)c5)cc(-c5cccc(-c6ccc(-c7ccccn7)nc6)c5)c4)c3)cn2)nc1. The molecule has 0 aliphatic rings. The molecule has 0 atom stereocenters. The van der Waals surface area contributed by atoms with Crippen molar-refractivity contribution in [1.29, 1.82) is 0 Å². The molecule has 6 aromatic heterocycles. The molecule has 6 nitrogen and oxygen atoms in total. The van der Waals surface area contributed by atoms with Gasteiger partial charge >= 0.3 is 0 Å². The summed E-state index contributed by atoms with van der Waals surface area (Å²) in [7, 11) is 0. The average molecular weight is 769 g/mol. The van der Waals surface area contributed by atoms with E-state index in [1.165, 1.54) is 0 Å². The summed E-state index contributed by atoms with van der Waals surface area (Å²) in [4.78, 5) is 27.7. The lowest BCUT2D eigenvalue weighted by molar-refractivity contribution is 1.25. The van der Waals surface area contributed by atoms with Crippen LogP contribution in [0.25, 0.3) is 101 Å². The first-order valence-corrected chi connectivity index (χ1v) is 19.8. The lowest BCUT2D eigenvalue weighted by atomic mass is 9.90. The standard InChI is InChI=1S/C54H36N6/c1-4-25-55-49(16-1)52-22-19-43(34-58-52)37-10-7-13-40(28-37)46-31-47(41-14-8-11-38(29-41)44-20-23-53(59-35-44)50-17-2-5-26-56-50)33-48(32-46)42-15-9-12-39(30-42)45-21-24-54(60-36-45)51-18-3-6-27-57-51/h1-36H. The third-order valence-electron chi connectivity index (χ3n) is 10.6. The summed E-state index contributed by atoms with van der Waals surface area (Å²) >= 11 is 0. The number of aromatic nitrogens is 6. The molecular weight excluding hydrogens is 733 g/mol. The van der Waals surface area contributed by atoms with Gasteiger partial charge in [-0.2, -0.15) is 0 Å². The second-order valence-corrected chi connectivity index (χ2v) is 14.5. The lowest BCUT2D eigenvalue weighted by Gasteiger charge is -2.14. The number of hydrogen-bond donors (Lipinski definition) is 0. The van der Waals surface area contributed by atoms with Crippen molar-refractivity contribution in [1.82, 2.24) is 29.9 Å². The van der Waals surface area contributed by atoms with Gasteiger partial charge in [-0.25, -0.2) is 0 Å². The van der Waals surface area contributed by atoms with Crippen LogP contribution in [0.5, 0.6) is 0 Å². The summed E-state index contributed by atoms with van der Waals surface area (Å²) in [6.07, 6.45) is 11.2. The summed E-state index contributed by atoms with van der Waals surface area (Å²) in [5.74, 6) is 0. The molecule has 60 heavy (non-hydrogen) atoms. The van der Waals surface area contributed by atoms with Crippen LogP contribution in [-0.4, -0.2) is 29.9 Å². The van der Waals surface area contributed by atoms with E-state index in [0.29, 0.717) is 0 Å². The highest BCUT2D eigenvalue weighted by atomic mass is 14.8. The molecule has 0 amide bonds. The van der Waals surface area contributed by atoms with Crippen molar-refractivity contribution < 1.29 is 0 Å². The molecule has 0 saturated heterocycles. The van der Waals surface area contributed by atoms with Crippen LogP contribution in [0.1, 0.15) is 0 Å². The van der Waals surface area contributed by atoms with E-state index in [9.17, 15) is 0 Å². The molecular formula is C54H36N6. The van der Waals surface area contributed by atoms with E-state index in [1.807, 2.05) is 91.4 Å². The van der Waals surface area contributed by atoms with Crippen molar-refractivity contribution in [3.05, 3.63) is 219 Å². The quantitative estimate of drug-likeness (QED) is 0.145. The largest absolute Gasteiger partial charge is 0.255 e. The Balaban J connectivity index is 1.03. The van der Waals surface area contributed by atoms with Crippen molar-refractivity contribution in [3.8, 4) is 101 Å². The fourth-order valence-corrected chi connectivity index (χ4v) is 7.45. The van der Waals surface area contributed by atoms with Crippen molar-refractivity contribution >= 4 is 0 Å². The molecule has 0 saturated carbocycles. The van der Waals surface area contributed by atoms with Gasteiger partial charge in [0, 0.05) is 53.9 Å². The van der Waals surface area contributed by atoms with Gasteiger partial charge in [0.05, 0.1) is 34.2 Å². The van der Waals surface area contributed by atoms with Crippen LogP contribution in [0.3, 0.4) is 0 Å². The minimum absolute atomic E-state index is 0.845. The number of pyridine rings is 6. The van der Waals surface area contributed by atoms with E-state index in [1.54, 1.807) is 18.6 Å². The summed E-state index contributed by atoms with van der Waals surface area (Å²) in [6.45, 7) is 0. The minimum atomic E-state index is 0.845. The maximum absolute atomic E-state index is 4.76. The van der Waals surface area contributed by atoms with Crippen LogP contribution in [0.2, 0.25) is 0 Å². The van der Waals surface area contributed by atoms with E-state index >= 15 is 0 Å². The molecule has 4 aromatic carbocycles. The van der Waals surface area contributed by atoms with Gasteiger partial charge in [-0.15, -0.1) is 0 Å². The Labute approximate surface area is 348 Å². The zero-order chi connectivity index (χ0) is 40.1. The summed E-state index contributed by atoms with van der Waals surface area (Å²) in [5.41, 5.74) is 18.2. The number of hydrogen-bond acceptors (Lipinski definition) is 6. The van der Waals surface area contributed by atoms with E-state index < -0.39 is 0 Å². The Morgan fingerprint density at radius 1 is 0.183 bits per heavy atom. The number of benzene rings is 4. The number of rotatable bonds is 9. The molecule has 6 heteroatoms. The third kappa shape index (κ3) is 7.73. The fourth-order valence-electron chi connectivity index (χ4n) is 7.45. The van der Waals surface area contributed by atoms with Gasteiger partial charge in [-0.05, 0) is 141 Å². The van der Waals surface area contributed by atoms with Crippen molar-refractivity contribution in [2.75, 3.05) is 0 Å². The van der Waals surface area contributed by atoms with Crippen molar-refractivity contribution in [2.24, 2.45) is 0 Å². The fraction of sp³-hybridized carbons (Fsp3) is 0. The summed E-state index contributed by atoms with van der Waals surface area (Å²) in [6, 6.07) is 63.0. The second kappa shape index (κ2) is 16.3. The summed E-state index contributed by atoms with van der Waals surface area (Å²) < 4.78 is 0. The van der Waals surface area contributed by atoms with Gasteiger partial charge < -0.3 is 0 Å². The Kier molecular flexibility index (Phi) is 9.84. The molecule has 282 valence electrons. The maximum Gasteiger partial charge on any atom is 0.0886 e. The van der Waals surface area contributed by atoms with Gasteiger partial charge in [-0.3, -0.25) is 29.9 Å². The average Bonchev–Trinajstić information content (AvgIpc) is 3.35. The molecule has 0 fully saturated rings. The first-order chi connectivity index (χ1) is 29.7. The van der Waals surface area contributed by atoms with E-state index in [4.69, 9.17) is 15.0 Å². The third-order valence-corrected chi connectivity index (χ3v) is 10.6. The zero-order valence-electron chi connectivity index (χ0n) is 32.5. The molecule has 0 unspecified atom stereocenters. The highest BCUT2D eigenvalue weighted by Crippen LogP contribution is 2.37. The first-order valence-electron chi connectivity index (χ1n) is 19.8. The van der Waals surface area contributed by atoms with E-state index in [0.717, 1.165) is 101 Å². The first kappa shape index (κ1) is 36.1. The predicted molar refractivity (Wildman–Crippen MR) is 242 cm³/mol. The molecule has 10 aromatic rings. The van der Waals surface area contributed by atoms with E-state index in [2.05, 4.69) is 124 Å². The maximum atomic E-state index is 4.76. The molecule has 0 bridgehead atoms. The molecule has 0 aliphatic heterocycles. The molecule has 6 heterocycles. The Hall–Kier alpha value is -8.22. The zero-order valence-corrected chi connectivity index (χ0v) is 32.5. The molecule has 0 spiro atoms. The molecule has 0 radical (unpaired) electrons. The normalized spacial score (nSPS) is 11.0. The van der Waals surface area contributed by atoms with Gasteiger partial charge in [0.2, 0.25) is 0 Å². The van der Waals surface area contributed by atoms with Crippen LogP contribution < -0.4 is 0 Å². The number of nitrogens with zero attached hydrogens (tertiary/aromatic N) is 6. The smallest absolute Gasteiger partial charge is 0.0886 e. The predicted octanol–water partition coefficient (Wildman–Crippen LogP) is 13.1. The van der Waals surface area contributed by atoms with Crippen molar-refractivity contribution in [3.63, 3.8) is 0 Å². The molecule has 10 rings (SSSR count). The van der Waals surface area contributed by atoms with E-state index in [-0.39, 0.29) is 0 Å². The van der Waals surface area contributed by atoms with Crippen LogP contribution in [-0.2, 0) is 0 Å². The highest BCUT2D eigenvalue weighted by Gasteiger charge is 2.12. The monoisotopic (exact) mass is 768 g/mol. The summed E-state index contributed by atoms with van der Waals surface area (Å²) in [5, 5.41) is 0. The highest BCUT2D eigenvalue weighted by molar-refractivity contribution is 5.85. The van der Waals surface area contributed by atoms with Crippen LogP contribution in [0, 0.1) is 0 Å². The second-order valence-electron chi connectivity index (χ2n) is 14.5. The molecule has 0 N–H and O–H groups in total. The van der Waals surface area contributed by atoms with Crippen LogP contribution in [0.4, 0.5) is 0 Å². The minimum Gasteiger partial charge on any atom is -0.255 e. The Bertz CT molecular complexity index is 2700. The van der Waals surface area contributed by atoms with Gasteiger partial charge in [0.15, 0.2) is 0 Å². The van der Waals surface area contributed by atoms with Crippen LogP contribution in [0.15, 0.2) is 219 Å². The Morgan fingerprint density at radius 2 is 0.450 bits per heavy atom. The topological polar surface area (TPSA) is 77.3 Å². The lowest BCUT2D eigenvalue weighted by Crippen LogP contribution is -1.90. The van der Waals surface area contributed by atoms with Gasteiger partial charge in [-0.1, -0.05) is 91.0 Å². The van der Waals surface area contributed by atoms with Gasteiger partial charge in [0.25, 0.3) is 0 Å².